The largest absolute Gasteiger partial charge is 0.379 e. The van der Waals surface area contributed by atoms with Crippen LogP contribution in [0.25, 0.3) is 0 Å². The van der Waals surface area contributed by atoms with E-state index in [9.17, 15) is 4.79 Å². The zero-order valence-corrected chi connectivity index (χ0v) is 18.6. The predicted octanol–water partition coefficient (Wildman–Crippen LogP) is 2.45. The van der Waals surface area contributed by atoms with Gasteiger partial charge < -0.3 is 25.5 Å². The van der Waals surface area contributed by atoms with Crippen LogP contribution < -0.4 is 16.2 Å². The van der Waals surface area contributed by atoms with Crippen molar-refractivity contribution in [2.75, 3.05) is 63.2 Å². The highest BCUT2D eigenvalue weighted by molar-refractivity contribution is 6.42. The van der Waals surface area contributed by atoms with E-state index in [0.29, 0.717) is 36.3 Å². The summed E-state index contributed by atoms with van der Waals surface area (Å²) in [6.07, 6.45) is 1.04. The Morgan fingerprint density at radius 1 is 1.23 bits per heavy atom. The van der Waals surface area contributed by atoms with Crippen LogP contribution in [0.4, 0.5) is 11.6 Å². The van der Waals surface area contributed by atoms with Crippen molar-refractivity contribution < 1.29 is 9.47 Å². The molecular weight excluding hydrogens is 443 g/mol. The average molecular weight is 469 g/mol. The monoisotopic (exact) mass is 468 g/mol. The van der Waals surface area contributed by atoms with Crippen molar-refractivity contribution in [1.29, 1.82) is 5.41 Å². The normalized spacial score (nSPS) is 14.4. The van der Waals surface area contributed by atoms with Crippen LogP contribution in [0.5, 0.6) is 0 Å². The molecule has 0 atom stereocenters. The zero-order chi connectivity index (χ0) is 22.1. The number of halogens is 2. The van der Waals surface area contributed by atoms with Crippen molar-refractivity contribution in [3.05, 3.63) is 49.9 Å². The molecule has 168 valence electrons. The molecule has 2 heterocycles. The van der Waals surface area contributed by atoms with Gasteiger partial charge in [0.1, 0.15) is 11.4 Å². The molecule has 11 heteroatoms. The molecule has 1 saturated heterocycles. The highest BCUT2D eigenvalue weighted by Gasteiger charge is 2.11. The van der Waals surface area contributed by atoms with Crippen LogP contribution in [0.2, 0.25) is 10.0 Å². The number of rotatable bonds is 11. The second-order valence-electron chi connectivity index (χ2n) is 6.91. The second kappa shape index (κ2) is 12.0. The van der Waals surface area contributed by atoms with Crippen molar-refractivity contribution in [3.63, 3.8) is 0 Å². The maximum atomic E-state index is 12.5. The number of nitrogens with one attached hydrogen (secondary N) is 4. The van der Waals surface area contributed by atoms with Gasteiger partial charge in [0.05, 0.1) is 36.5 Å². The molecule has 1 aliphatic rings. The third-order valence-corrected chi connectivity index (χ3v) is 5.47. The third-order valence-electron chi connectivity index (χ3n) is 4.73. The molecule has 1 fully saturated rings. The van der Waals surface area contributed by atoms with E-state index in [1.807, 2.05) is 6.07 Å². The first-order valence-corrected chi connectivity index (χ1v) is 10.8. The molecule has 0 radical (unpaired) electrons. The Morgan fingerprint density at radius 3 is 2.77 bits per heavy atom. The molecule has 0 unspecified atom stereocenters. The number of benzene rings is 1. The number of nitrogens with zero attached hydrogens (tertiary/aromatic N) is 2. The molecule has 1 aromatic carbocycles. The van der Waals surface area contributed by atoms with E-state index < -0.39 is 0 Å². The number of anilines is 2. The predicted molar refractivity (Wildman–Crippen MR) is 123 cm³/mol. The van der Waals surface area contributed by atoms with Crippen LogP contribution >= 0.6 is 23.2 Å². The topological polar surface area (TPSA) is 115 Å². The zero-order valence-electron chi connectivity index (χ0n) is 17.0. The third kappa shape index (κ3) is 7.19. The van der Waals surface area contributed by atoms with Crippen LogP contribution in [0.15, 0.2) is 23.0 Å². The summed E-state index contributed by atoms with van der Waals surface area (Å²) in [4.78, 5) is 21.7. The Balaban J connectivity index is 1.47. The Kier molecular flexibility index (Phi) is 9.11. The van der Waals surface area contributed by atoms with Gasteiger partial charge in [-0.05, 0) is 17.7 Å². The van der Waals surface area contributed by atoms with Gasteiger partial charge in [-0.3, -0.25) is 14.7 Å². The van der Waals surface area contributed by atoms with Crippen LogP contribution in [-0.2, 0) is 16.0 Å². The minimum Gasteiger partial charge on any atom is -0.379 e. The number of hydrogen-bond acceptors (Lipinski definition) is 8. The van der Waals surface area contributed by atoms with Gasteiger partial charge in [-0.2, -0.15) is 0 Å². The molecule has 0 aliphatic carbocycles. The van der Waals surface area contributed by atoms with Crippen LogP contribution in [0, 0.1) is 5.41 Å². The van der Waals surface area contributed by atoms with Crippen LogP contribution in [-0.4, -0.2) is 73.7 Å². The average Bonchev–Trinajstić information content (AvgIpc) is 2.78. The van der Waals surface area contributed by atoms with Crippen molar-refractivity contribution >= 4 is 41.1 Å². The number of aromatic amines is 1. The number of H-pyrrole nitrogens is 1. The molecule has 0 spiro atoms. The van der Waals surface area contributed by atoms with E-state index in [4.69, 9.17) is 38.1 Å². The van der Waals surface area contributed by atoms with Crippen molar-refractivity contribution in [2.24, 2.45) is 0 Å². The van der Waals surface area contributed by atoms with Crippen molar-refractivity contribution in [1.82, 2.24) is 14.9 Å². The Bertz CT molecular complexity index is 934. The van der Waals surface area contributed by atoms with E-state index in [-0.39, 0.29) is 22.9 Å². The summed E-state index contributed by atoms with van der Waals surface area (Å²) in [6.45, 7) is 6.13. The summed E-state index contributed by atoms with van der Waals surface area (Å²) in [5.41, 5.74) is 1.00. The fraction of sp³-hybridized carbons (Fsp3) is 0.450. The molecule has 3 rings (SSSR count). The summed E-state index contributed by atoms with van der Waals surface area (Å²) >= 11 is 11.9. The second-order valence-corrected chi connectivity index (χ2v) is 7.73. The SMILES string of the molecule is N=Cc1nc(NCc2ccc(Cl)c(Cl)c2)[nH]c(=O)c1NCCOCCN1CCOCC1. The lowest BCUT2D eigenvalue weighted by Gasteiger charge is -2.26. The summed E-state index contributed by atoms with van der Waals surface area (Å²) in [6, 6.07) is 5.27. The summed E-state index contributed by atoms with van der Waals surface area (Å²) in [5.74, 6) is 0.266. The molecule has 1 aromatic heterocycles. The highest BCUT2D eigenvalue weighted by atomic mass is 35.5. The fourth-order valence-corrected chi connectivity index (χ4v) is 3.37. The van der Waals surface area contributed by atoms with E-state index in [1.165, 1.54) is 0 Å². The number of hydrogen-bond donors (Lipinski definition) is 4. The number of ether oxygens (including phenoxy) is 2. The van der Waals surface area contributed by atoms with Gasteiger partial charge in [0.15, 0.2) is 0 Å². The lowest BCUT2D eigenvalue weighted by Crippen LogP contribution is -2.38. The maximum Gasteiger partial charge on any atom is 0.276 e. The highest BCUT2D eigenvalue weighted by Crippen LogP contribution is 2.22. The molecular formula is C20H26Cl2N6O3. The van der Waals surface area contributed by atoms with Gasteiger partial charge >= 0.3 is 0 Å². The Morgan fingerprint density at radius 2 is 2.03 bits per heavy atom. The maximum absolute atomic E-state index is 12.5. The van der Waals surface area contributed by atoms with E-state index in [1.54, 1.807) is 12.1 Å². The van der Waals surface area contributed by atoms with Gasteiger partial charge in [-0.15, -0.1) is 0 Å². The summed E-state index contributed by atoms with van der Waals surface area (Å²) in [7, 11) is 0. The van der Waals surface area contributed by atoms with Gasteiger partial charge in [-0.1, -0.05) is 29.3 Å². The lowest BCUT2D eigenvalue weighted by molar-refractivity contribution is 0.0215. The smallest absolute Gasteiger partial charge is 0.276 e. The van der Waals surface area contributed by atoms with Gasteiger partial charge in [0.25, 0.3) is 5.56 Å². The standard InChI is InChI=1S/C20H26Cl2N6O3/c21-15-2-1-14(11-16(15)22)13-25-20-26-17(12-23)18(19(29)27-20)24-3-7-30-8-4-28-5-9-31-10-6-28/h1-2,11-12,23-24H,3-10,13H2,(H2,25,26,27,29). The molecule has 2 aromatic rings. The molecule has 31 heavy (non-hydrogen) atoms. The minimum absolute atomic E-state index is 0.242. The molecule has 0 amide bonds. The van der Waals surface area contributed by atoms with Crippen molar-refractivity contribution in [2.45, 2.75) is 6.54 Å². The van der Waals surface area contributed by atoms with Gasteiger partial charge in [0, 0.05) is 38.9 Å². The van der Waals surface area contributed by atoms with E-state index in [0.717, 1.165) is 44.6 Å². The molecule has 9 nitrogen and oxygen atoms in total. The molecule has 0 bridgehead atoms. The van der Waals surface area contributed by atoms with Crippen LogP contribution in [0.3, 0.4) is 0 Å². The first-order chi connectivity index (χ1) is 15.1. The van der Waals surface area contributed by atoms with Gasteiger partial charge in [-0.25, -0.2) is 4.98 Å². The van der Waals surface area contributed by atoms with Crippen molar-refractivity contribution in [3.8, 4) is 0 Å². The fourth-order valence-electron chi connectivity index (χ4n) is 3.05. The Labute approximate surface area is 190 Å². The molecule has 0 saturated carbocycles. The first kappa shape index (κ1) is 23.5. The Hall–Kier alpha value is -2.17. The minimum atomic E-state index is -0.363. The first-order valence-electron chi connectivity index (χ1n) is 10.0. The van der Waals surface area contributed by atoms with Gasteiger partial charge in [0.2, 0.25) is 5.95 Å². The lowest BCUT2D eigenvalue weighted by atomic mass is 10.2. The number of morpholine rings is 1. The summed E-state index contributed by atoms with van der Waals surface area (Å²) in [5, 5.41) is 14.6. The van der Waals surface area contributed by atoms with E-state index in [2.05, 4.69) is 25.5 Å². The molecule has 4 N–H and O–H groups in total. The quantitative estimate of drug-likeness (QED) is 0.295. The number of aromatic nitrogens is 2. The molecule has 1 aliphatic heterocycles. The van der Waals surface area contributed by atoms with E-state index >= 15 is 0 Å². The van der Waals surface area contributed by atoms with Crippen LogP contribution in [0.1, 0.15) is 11.3 Å². The summed E-state index contributed by atoms with van der Waals surface area (Å²) < 4.78 is 11.0.